The Kier molecular flexibility index (Phi) is 15.9. The lowest BCUT2D eigenvalue weighted by Gasteiger charge is -2.12. The first kappa shape index (κ1) is 24.1. The van der Waals surface area contributed by atoms with E-state index in [-0.39, 0.29) is 29.7 Å². The lowest BCUT2D eigenvalue weighted by Crippen LogP contribution is -2.42. The topological polar surface area (TPSA) is 91.8 Å². The Hall–Kier alpha value is -0.130. The van der Waals surface area contributed by atoms with Gasteiger partial charge in [-0.2, -0.15) is 0 Å². The zero-order chi connectivity index (χ0) is 16.1. The van der Waals surface area contributed by atoms with Crippen LogP contribution in [0.2, 0.25) is 0 Å². The van der Waals surface area contributed by atoms with E-state index in [0.29, 0.717) is 38.1 Å². The van der Waals surface area contributed by atoms with E-state index in [0.717, 1.165) is 13.0 Å². The van der Waals surface area contributed by atoms with Crippen LogP contribution in [-0.4, -0.2) is 60.0 Å². The maximum Gasteiger partial charge on any atom is 0.211 e. The molecule has 0 aliphatic rings. The Morgan fingerprint density at radius 2 is 1.77 bits per heavy atom. The number of hydrogen-bond acceptors (Lipinski definition) is 4. The molecule has 0 aromatic carbocycles. The summed E-state index contributed by atoms with van der Waals surface area (Å²) in [5.41, 5.74) is 0. The number of halogens is 1. The van der Waals surface area contributed by atoms with E-state index in [4.69, 9.17) is 4.74 Å². The lowest BCUT2D eigenvalue weighted by molar-refractivity contribution is 0.128. The van der Waals surface area contributed by atoms with Gasteiger partial charge in [0.25, 0.3) is 0 Å². The van der Waals surface area contributed by atoms with Gasteiger partial charge in [0, 0.05) is 33.3 Å². The third kappa shape index (κ3) is 14.8. The zero-order valence-electron chi connectivity index (χ0n) is 14.0. The Labute approximate surface area is 152 Å². The van der Waals surface area contributed by atoms with Crippen molar-refractivity contribution in [3.05, 3.63) is 0 Å². The van der Waals surface area contributed by atoms with Crippen LogP contribution in [0.25, 0.3) is 0 Å². The highest BCUT2D eigenvalue weighted by molar-refractivity contribution is 14.0. The standard InChI is InChI=1S/C13H30N4O3S.HI/c1-5-21(18,19)17-8-7-15-13(14-4)16-9-11-20-10-6-12(2)3;/h12,17H,5-11H2,1-4H3,(H2,14,15,16);1H. The lowest BCUT2D eigenvalue weighted by atomic mass is 10.1. The van der Waals surface area contributed by atoms with Crippen molar-refractivity contribution >= 4 is 40.0 Å². The van der Waals surface area contributed by atoms with Gasteiger partial charge in [-0.3, -0.25) is 4.99 Å². The van der Waals surface area contributed by atoms with Gasteiger partial charge >= 0.3 is 0 Å². The third-order valence-corrected chi connectivity index (χ3v) is 4.13. The molecule has 0 spiro atoms. The highest BCUT2D eigenvalue weighted by atomic mass is 127. The molecule has 0 bridgehead atoms. The van der Waals surface area contributed by atoms with Gasteiger partial charge in [-0.15, -0.1) is 24.0 Å². The molecule has 0 fully saturated rings. The molecule has 0 unspecified atom stereocenters. The number of guanidine groups is 1. The number of nitrogens with one attached hydrogen (secondary N) is 3. The SMILES string of the molecule is CCS(=O)(=O)NCCNC(=NC)NCCOCCC(C)C.I. The molecule has 0 amide bonds. The number of sulfonamides is 1. The second-order valence-electron chi connectivity index (χ2n) is 5.02. The summed E-state index contributed by atoms with van der Waals surface area (Å²) in [5.74, 6) is 1.38. The predicted octanol–water partition coefficient (Wildman–Crippen LogP) is 0.771. The number of rotatable bonds is 11. The number of hydrogen-bond donors (Lipinski definition) is 3. The van der Waals surface area contributed by atoms with Crippen LogP contribution in [0, 0.1) is 5.92 Å². The fourth-order valence-electron chi connectivity index (χ4n) is 1.37. The van der Waals surface area contributed by atoms with Crippen molar-refractivity contribution in [2.24, 2.45) is 10.9 Å². The van der Waals surface area contributed by atoms with Crippen LogP contribution in [0.1, 0.15) is 27.2 Å². The van der Waals surface area contributed by atoms with Gasteiger partial charge in [-0.1, -0.05) is 13.8 Å². The van der Waals surface area contributed by atoms with Crippen molar-refractivity contribution in [3.63, 3.8) is 0 Å². The Morgan fingerprint density at radius 1 is 1.14 bits per heavy atom. The molecule has 0 saturated heterocycles. The first-order valence-corrected chi connectivity index (χ1v) is 9.06. The number of nitrogens with zero attached hydrogens (tertiary/aromatic N) is 1. The molecular formula is C13H31IN4O3S. The Balaban J connectivity index is 0. The fourth-order valence-corrected chi connectivity index (χ4v) is 1.99. The minimum Gasteiger partial charge on any atom is -0.380 e. The first-order valence-electron chi connectivity index (χ1n) is 7.41. The molecule has 0 saturated carbocycles. The summed E-state index contributed by atoms with van der Waals surface area (Å²) < 4.78 is 30.4. The van der Waals surface area contributed by atoms with E-state index in [1.807, 2.05) is 0 Å². The Bertz CT molecular complexity index is 389. The molecule has 0 rings (SSSR count). The molecule has 0 aliphatic carbocycles. The molecule has 3 N–H and O–H groups in total. The fraction of sp³-hybridized carbons (Fsp3) is 0.923. The molecule has 22 heavy (non-hydrogen) atoms. The van der Waals surface area contributed by atoms with Crippen LogP contribution in [0.3, 0.4) is 0 Å². The molecule has 0 heterocycles. The Morgan fingerprint density at radius 3 is 2.32 bits per heavy atom. The van der Waals surface area contributed by atoms with E-state index in [1.54, 1.807) is 14.0 Å². The van der Waals surface area contributed by atoms with E-state index in [2.05, 4.69) is 34.2 Å². The molecule has 0 radical (unpaired) electrons. The van der Waals surface area contributed by atoms with E-state index >= 15 is 0 Å². The van der Waals surface area contributed by atoms with Gasteiger partial charge < -0.3 is 15.4 Å². The van der Waals surface area contributed by atoms with Crippen molar-refractivity contribution in [1.82, 2.24) is 15.4 Å². The summed E-state index contributed by atoms with van der Waals surface area (Å²) >= 11 is 0. The van der Waals surface area contributed by atoms with Crippen molar-refractivity contribution in [2.75, 3.05) is 45.6 Å². The molecule has 7 nitrogen and oxygen atoms in total. The van der Waals surface area contributed by atoms with E-state index in [1.165, 1.54) is 0 Å². The van der Waals surface area contributed by atoms with Crippen molar-refractivity contribution in [3.8, 4) is 0 Å². The summed E-state index contributed by atoms with van der Waals surface area (Å²) in [4.78, 5) is 4.05. The van der Waals surface area contributed by atoms with Crippen molar-refractivity contribution < 1.29 is 13.2 Å². The van der Waals surface area contributed by atoms with Crippen molar-refractivity contribution in [1.29, 1.82) is 0 Å². The molecule has 0 aromatic rings. The maximum atomic E-state index is 11.2. The minimum absolute atomic E-state index is 0. The van der Waals surface area contributed by atoms with E-state index in [9.17, 15) is 8.42 Å². The molecule has 0 atom stereocenters. The van der Waals surface area contributed by atoms with Crippen LogP contribution in [0.5, 0.6) is 0 Å². The zero-order valence-corrected chi connectivity index (χ0v) is 17.2. The third-order valence-electron chi connectivity index (χ3n) is 2.72. The summed E-state index contributed by atoms with van der Waals surface area (Å²) in [6.45, 7) is 8.81. The van der Waals surface area contributed by atoms with E-state index < -0.39 is 10.0 Å². The average molecular weight is 450 g/mol. The van der Waals surface area contributed by atoms with Crippen LogP contribution in [0.4, 0.5) is 0 Å². The molecule has 9 heteroatoms. The average Bonchev–Trinajstić information content (AvgIpc) is 2.44. The summed E-state index contributed by atoms with van der Waals surface area (Å²) in [6, 6.07) is 0. The van der Waals surface area contributed by atoms with Crippen LogP contribution in [-0.2, 0) is 14.8 Å². The highest BCUT2D eigenvalue weighted by Gasteiger charge is 2.04. The minimum atomic E-state index is -3.13. The van der Waals surface area contributed by atoms with Gasteiger partial charge in [0.1, 0.15) is 0 Å². The molecular weight excluding hydrogens is 419 g/mol. The monoisotopic (exact) mass is 450 g/mol. The van der Waals surface area contributed by atoms with Crippen molar-refractivity contribution in [2.45, 2.75) is 27.2 Å². The quantitative estimate of drug-likeness (QED) is 0.187. The van der Waals surface area contributed by atoms with Crippen LogP contribution >= 0.6 is 24.0 Å². The van der Waals surface area contributed by atoms with Gasteiger partial charge in [0.15, 0.2) is 5.96 Å². The second-order valence-corrected chi connectivity index (χ2v) is 7.11. The number of aliphatic imine (C=N–C) groups is 1. The largest absolute Gasteiger partial charge is 0.380 e. The van der Waals surface area contributed by atoms with Gasteiger partial charge in [-0.25, -0.2) is 13.1 Å². The van der Waals surface area contributed by atoms with Gasteiger partial charge in [-0.05, 0) is 19.3 Å². The highest BCUT2D eigenvalue weighted by Crippen LogP contribution is 1.98. The van der Waals surface area contributed by atoms with Gasteiger partial charge in [0.05, 0.1) is 12.4 Å². The normalized spacial score (nSPS) is 12.1. The van der Waals surface area contributed by atoms with Gasteiger partial charge in [0.2, 0.25) is 10.0 Å². The molecule has 0 aliphatic heterocycles. The summed E-state index contributed by atoms with van der Waals surface area (Å²) in [6.07, 6.45) is 1.06. The molecule has 134 valence electrons. The molecule has 0 aromatic heterocycles. The summed E-state index contributed by atoms with van der Waals surface area (Å²) in [7, 11) is -1.46. The van der Waals surface area contributed by atoms with Crippen LogP contribution in [0.15, 0.2) is 4.99 Å². The van der Waals surface area contributed by atoms with Crippen LogP contribution < -0.4 is 15.4 Å². The summed E-state index contributed by atoms with van der Waals surface area (Å²) in [5, 5.41) is 6.14. The second kappa shape index (κ2) is 14.5. The smallest absolute Gasteiger partial charge is 0.211 e. The predicted molar refractivity (Wildman–Crippen MR) is 103 cm³/mol. The maximum absolute atomic E-state index is 11.2. The first-order chi connectivity index (χ1) is 9.91. The number of ether oxygens (including phenoxy) is 1.